The monoisotopic (exact) mass is 249 g/mol. The predicted molar refractivity (Wildman–Crippen MR) is 56.5 cm³/mol. The van der Waals surface area contributed by atoms with Crippen LogP contribution in [-0.4, -0.2) is 31.5 Å². The Balaban J connectivity index is 2.23. The van der Waals surface area contributed by atoms with Crippen LogP contribution in [0.4, 0.5) is 8.78 Å². The van der Waals surface area contributed by atoms with Crippen LogP contribution < -0.4 is 5.32 Å². The maximum atomic E-state index is 12.9. The van der Waals surface area contributed by atoms with Crippen molar-refractivity contribution >= 4 is 11.9 Å². The highest BCUT2D eigenvalue weighted by Gasteiger charge is 2.37. The van der Waals surface area contributed by atoms with Crippen molar-refractivity contribution in [3.63, 3.8) is 0 Å². The zero-order valence-electron chi connectivity index (χ0n) is 9.80. The van der Waals surface area contributed by atoms with Crippen LogP contribution >= 0.6 is 0 Å². The Bertz CT molecular complexity index is 284. The number of nitrogens with one attached hydrogen (secondary N) is 1. The van der Waals surface area contributed by atoms with Crippen molar-refractivity contribution in [2.75, 3.05) is 13.7 Å². The van der Waals surface area contributed by atoms with E-state index in [-0.39, 0.29) is 50.5 Å². The molecule has 0 radical (unpaired) electrons. The van der Waals surface area contributed by atoms with E-state index < -0.39 is 11.9 Å². The molecule has 6 heteroatoms. The SMILES string of the molecule is COC(=O)CCNC(=O)C1CCC(F)(F)CC1. The van der Waals surface area contributed by atoms with Gasteiger partial charge in [-0.1, -0.05) is 0 Å². The number of carbonyl (C=O) groups excluding carboxylic acids is 2. The van der Waals surface area contributed by atoms with Crippen LogP contribution in [0.3, 0.4) is 0 Å². The van der Waals surface area contributed by atoms with E-state index >= 15 is 0 Å². The van der Waals surface area contributed by atoms with Crippen molar-refractivity contribution in [1.82, 2.24) is 5.32 Å². The van der Waals surface area contributed by atoms with Gasteiger partial charge in [0.15, 0.2) is 0 Å². The molecule has 0 bridgehead atoms. The highest BCUT2D eigenvalue weighted by atomic mass is 19.3. The van der Waals surface area contributed by atoms with Crippen molar-refractivity contribution < 1.29 is 23.1 Å². The van der Waals surface area contributed by atoms with Crippen LogP contribution in [0.5, 0.6) is 0 Å². The fraction of sp³-hybridized carbons (Fsp3) is 0.818. The first kappa shape index (κ1) is 13.9. The Hall–Kier alpha value is -1.20. The summed E-state index contributed by atoms with van der Waals surface area (Å²) in [5.74, 6) is -3.62. The molecule has 0 atom stereocenters. The third kappa shape index (κ3) is 4.66. The summed E-state index contributed by atoms with van der Waals surface area (Å²) in [6.07, 6.45) is 0.0451. The van der Waals surface area contributed by atoms with Crippen molar-refractivity contribution in [3.8, 4) is 0 Å². The second-order valence-corrected chi connectivity index (χ2v) is 4.25. The Morgan fingerprint density at radius 2 is 1.94 bits per heavy atom. The van der Waals surface area contributed by atoms with Gasteiger partial charge in [-0.15, -0.1) is 0 Å². The van der Waals surface area contributed by atoms with E-state index in [1.165, 1.54) is 7.11 Å². The van der Waals surface area contributed by atoms with E-state index in [0.717, 1.165) is 0 Å². The molecule has 1 aliphatic carbocycles. The van der Waals surface area contributed by atoms with Gasteiger partial charge in [0.2, 0.25) is 11.8 Å². The molecule has 1 saturated carbocycles. The fourth-order valence-corrected chi connectivity index (χ4v) is 1.84. The van der Waals surface area contributed by atoms with Gasteiger partial charge in [-0.2, -0.15) is 0 Å². The lowest BCUT2D eigenvalue weighted by molar-refractivity contribution is -0.140. The van der Waals surface area contributed by atoms with Gasteiger partial charge in [0, 0.05) is 25.3 Å². The number of esters is 1. The van der Waals surface area contributed by atoms with Crippen molar-refractivity contribution in [2.24, 2.45) is 5.92 Å². The van der Waals surface area contributed by atoms with Crippen molar-refractivity contribution in [3.05, 3.63) is 0 Å². The molecule has 1 fully saturated rings. The minimum Gasteiger partial charge on any atom is -0.469 e. The van der Waals surface area contributed by atoms with Gasteiger partial charge in [0.05, 0.1) is 13.5 Å². The van der Waals surface area contributed by atoms with Gasteiger partial charge in [-0.25, -0.2) is 8.78 Å². The zero-order valence-corrected chi connectivity index (χ0v) is 9.80. The maximum absolute atomic E-state index is 12.9. The number of methoxy groups -OCH3 is 1. The summed E-state index contributed by atoms with van der Waals surface area (Å²) in [5, 5.41) is 2.56. The molecule has 1 aliphatic rings. The lowest BCUT2D eigenvalue weighted by Gasteiger charge is -2.27. The third-order valence-corrected chi connectivity index (χ3v) is 2.94. The van der Waals surface area contributed by atoms with Gasteiger partial charge in [0.1, 0.15) is 0 Å². The topological polar surface area (TPSA) is 55.4 Å². The number of hydrogen-bond acceptors (Lipinski definition) is 3. The molecule has 0 unspecified atom stereocenters. The molecule has 1 amide bonds. The molecule has 17 heavy (non-hydrogen) atoms. The van der Waals surface area contributed by atoms with Gasteiger partial charge in [0.25, 0.3) is 0 Å². The van der Waals surface area contributed by atoms with E-state index in [4.69, 9.17) is 0 Å². The Labute approximate surface area is 98.7 Å². The van der Waals surface area contributed by atoms with Crippen LogP contribution in [0.2, 0.25) is 0 Å². The average Bonchev–Trinajstić information content (AvgIpc) is 2.28. The highest BCUT2D eigenvalue weighted by molar-refractivity contribution is 5.79. The smallest absolute Gasteiger partial charge is 0.307 e. The maximum Gasteiger partial charge on any atom is 0.307 e. The summed E-state index contributed by atoms with van der Waals surface area (Å²) >= 11 is 0. The van der Waals surface area contributed by atoms with Crippen LogP contribution in [0.25, 0.3) is 0 Å². The summed E-state index contributed by atoms with van der Waals surface area (Å²) < 4.78 is 30.1. The van der Waals surface area contributed by atoms with Crippen LogP contribution in [0.1, 0.15) is 32.1 Å². The van der Waals surface area contributed by atoms with Crippen LogP contribution in [0.15, 0.2) is 0 Å². The molecule has 0 saturated heterocycles. The summed E-state index contributed by atoms with van der Waals surface area (Å²) in [7, 11) is 1.27. The second kappa shape index (κ2) is 5.93. The second-order valence-electron chi connectivity index (χ2n) is 4.25. The highest BCUT2D eigenvalue weighted by Crippen LogP contribution is 2.36. The number of halogens is 2. The minimum atomic E-state index is -2.62. The molecule has 4 nitrogen and oxygen atoms in total. The van der Waals surface area contributed by atoms with Crippen LogP contribution in [0, 0.1) is 5.92 Å². The number of ether oxygens (including phenoxy) is 1. The molecule has 98 valence electrons. The molecule has 0 aromatic heterocycles. The summed E-state index contributed by atoms with van der Waals surface area (Å²) in [5.41, 5.74) is 0. The summed E-state index contributed by atoms with van der Waals surface area (Å²) in [4.78, 5) is 22.4. The first-order valence-electron chi connectivity index (χ1n) is 5.67. The average molecular weight is 249 g/mol. The molecule has 1 rings (SSSR count). The largest absolute Gasteiger partial charge is 0.469 e. The minimum absolute atomic E-state index is 0.102. The number of rotatable bonds is 4. The Kier molecular flexibility index (Phi) is 4.84. The van der Waals surface area contributed by atoms with E-state index in [2.05, 4.69) is 10.1 Å². The number of amides is 1. The van der Waals surface area contributed by atoms with Crippen molar-refractivity contribution in [2.45, 2.75) is 38.0 Å². The lowest BCUT2D eigenvalue weighted by atomic mass is 9.86. The van der Waals surface area contributed by atoms with Gasteiger partial charge < -0.3 is 10.1 Å². The molecule has 0 aliphatic heterocycles. The summed E-state index contributed by atoms with van der Waals surface area (Å²) in [6, 6.07) is 0. The molecular weight excluding hydrogens is 232 g/mol. The Morgan fingerprint density at radius 3 is 2.47 bits per heavy atom. The van der Waals surface area contributed by atoms with Gasteiger partial charge in [-0.3, -0.25) is 9.59 Å². The third-order valence-electron chi connectivity index (χ3n) is 2.94. The zero-order chi connectivity index (χ0) is 12.9. The van der Waals surface area contributed by atoms with Gasteiger partial charge >= 0.3 is 5.97 Å². The number of alkyl halides is 2. The van der Waals surface area contributed by atoms with Crippen molar-refractivity contribution in [1.29, 1.82) is 0 Å². The van der Waals surface area contributed by atoms with E-state index in [9.17, 15) is 18.4 Å². The number of carbonyl (C=O) groups is 2. The normalized spacial score (nSPS) is 19.7. The quantitative estimate of drug-likeness (QED) is 0.768. The molecule has 0 heterocycles. The number of hydrogen-bond donors (Lipinski definition) is 1. The van der Waals surface area contributed by atoms with E-state index in [1.54, 1.807) is 0 Å². The predicted octanol–water partition coefficient (Wildman–Crippen LogP) is 1.49. The molecule has 1 N–H and O–H groups in total. The summed E-state index contributed by atoms with van der Waals surface area (Å²) in [6.45, 7) is 0.193. The molecule has 0 spiro atoms. The fourth-order valence-electron chi connectivity index (χ4n) is 1.84. The van der Waals surface area contributed by atoms with Gasteiger partial charge in [-0.05, 0) is 12.8 Å². The first-order chi connectivity index (χ1) is 7.94. The Morgan fingerprint density at radius 1 is 1.35 bits per heavy atom. The van der Waals surface area contributed by atoms with E-state index in [0.29, 0.717) is 0 Å². The lowest BCUT2D eigenvalue weighted by Crippen LogP contribution is -2.36. The van der Waals surface area contributed by atoms with Crippen LogP contribution in [-0.2, 0) is 14.3 Å². The first-order valence-corrected chi connectivity index (χ1v) is 5.67. The molecule has 0 aromatic rings. The standard InChI is InChI=1S/C11H17F2NO3/c1-17-9(15)4-7-14-10(16)8-2-5-11(12,13)6-3-8/h8H,2-7H2,1H3,(H,14,16). The van der Waals surface area contributed by atoms with E-state index in [1.807, 2.05) is 0 Å². The molecule has 0 aromatic carbocycles. The molecular formula is C11H17F2NO3.